The highest BCUT2D eigenvalue weighted by Crippen LogP contribution is 2.34. The van der Waals surface area contributed by atoms with Crippen molar-refractivity contribution in [3.63, 3.8) is 0 Å². The second-order valence-electron chi connectivity index (χ2n) is 9.68. The number of benzene rings is 2. The summed E-state index contributed by atoms with van der Waals surface area (Å²) in [5.41, 5.74) is 3.24. The zero-order valence-electron chi connectivity index (χ0n) is 22.1. The predicted molar refractivity (Wildman–Crippen MR) is 151 cm³/mol. The van der Waals surface area contributed by atoms with Gasteiger partial charge in [0.05, 0.1) is 16.6 Å². The van der Waals surface area contributed by atoms with Crippen LogP contribution in [0.3, 0.4) is 0 Å². The van der Waals surface area contributed by atoms with Crippen LogP contribution in [0.5, 0.6) is 11.5 Å². The second-order valence-corrected chi connectivity index (χ2v) is 9.68. The summed E-state index contributed by atoms with van der Waals surface area (Å²) in [4.78, 5) is 28.7. The van der Waals surface area contributed by atoms with E-state index in [2.05, 4.69) is 31.9 Å². The fourth-order valence-corrected chi connectivity index (χ4v) is 5.03. The lowest BCUT2D eigenvalue weighted by Gasteiger charge is -2.40. The number of ether oxygens (including phenoxy) is 1. The molecule has 2 aromatic carbocycles. The van der Waals surface area contributed by atoms with E-state index in [0.717, 1.165) is 11.3 Å². The van der Waals surface area contributed by atoms with Crippen LogP contribution < -0.4 is 15.0 Å². The highest BCUT2D eigenvalue weighted by atomic mass is 19.1. The van der Waals surface area contributed by atoms with Gasteiger partial charge in [0, 0.05) is 43.6 Å². The summed E-state index contributed by atoms with van der Waals surface area (Å²) in [6, 6.07) is 12.7. The number of pyridine rings is 1. The summed E-state index contributed by atoms with van der Waals surface area (Å²) >= 11 is 0. The molecule has 5 aromatic rings. The van der Waals surface area contributed by atoms with Crippen LogP contribution in [0.2, 0.25) is 0 Å². The van der Waals surface area contributed by atoms with Crippen LogP contribution in [-0.2, 0) is 4.79 Å². The molecule has 1 aliphatic heterocycles. The van der Waals surface area contributed by atoms with Gasteiger partial charge in [-0.2, -0.15) is 5.10 Å². The molecule has 0 bridgehead atoms. The highest BCUT2D eigenvalue weighted by molar-refractivity contribution is 5.94. The second kappa shape index (κ2) is 10.3. The number of nitrogens with one attached hydrogen (secondary N) is 1. The number of amides is 1. The van der Waals surface area contributed by atoms with Crippen molar-refractivity contribution in [2.75, 3.05) is 29.9 Å². The van der Waals surface area contributed by atoms with Crippen LogP contribution in [-0.4, -0.2) is 61.0 Å². The number of piperazine rings is 1. The lowest BCUT2D eigenvalue weighted by Crippen LogP contribution is -2.53. The average molecular weight is 539 g/mol. The standard InChI is InChI=1S/C29H27FN8O2/c1-4-26(39)37-12-11-36(15-19(37)3)23-7-6-22-27(28(23)30)29(33-16-31-22)35-20-5-8-24(18(2)13-20)40-21-9-10-38-25(14-21)32-17-34-38/h4-10,13-14,16-17,19H,1,11-12,15H2,2-3H3,(H,31,33,35). The van der Waals surface area contributed by atoms with Gasteiger partial charge in [-0.15, -0.1) is 0 Å². The quantitative estimate of drug-likeness (QED) is 0.306. The SMILES string of the molecule is C=CC(=O)N1CCN(c2ccc3ncnc(Nc4ccc(Oc5ccn6ncnc6c5)c(C)c4)c3c2F)CC1C. The molecule has 10 nitrogen and oxygen atoms in total. The van der Waals surface area contributed by atoms with Gasteiger partial charge in [-0.05, 0) is 61.9 Å². The van der Waals surface area contributed by atoms with Crippen LogP contribution in [0.15, 0.2) is 74.0 Å². The minimum absolute atomic E-state index is 0.0824. The van der Waals surface area contributed by atoms with Crippen LogP contribution in [0.25, 0.3) is 16.6 Å². The van der Waals surface area contributed by atoms with Crippen molar-refractivity contribution in [3.8, 4) is 11.5 Å². The molecule has 1 amide bonds. The molecule has 11 heteroatoms. The van der Waals surface area contributed by atoms with Crippen LogP contribution in [0.4, 0.5) is 21.6 Å². The van der Waals surface area contributed by atoms with E-state index in [1.165, 1.54) is 18.7 Å². The molecule has 3 aromatic heterocycles. The Kier molecular flexibility index (Phi) is 6.47. The lowest BCUT2D eigenvalue weighted by molar-refractivity contribution is -0.128. The van der Waals surface area contributed by atoms with E-state index in [4.69, 9.17) is 4.74 Å². The Balaban J connectivity index is 1.25. The molecule has 1 saturated heterocycles. The normalized spacial score (nSPS) is 15.4. The van der Waals surface area contributed by atoms with Crippen molar-refractivity contribution in [2.45, 2.75) is 19.9 Å². The van der Waals surface area contributed by atoms with Gasteiger partial charge < -0.3 is 19.9 Å². The Morgan fingerprint density at radius 1 is 1.12 bits per heavy atom. The summed E-state index contributed by atoms with van der Waals surface area (Å²) in [5, 5.41) is 7.66. The zero-order valence-corrected chi connectivity index (χ0v) is 22.1. The molecule has 1 N–H and O–H groups in total. The van der Waals surface area contributed by atoms with Gasteiger partial charge in [0.25, 0.3) is 0 Å². The number of carbonyl (C=O) groups excluding carboxylic acids is 1. The third-order valence-corrected chi connectivity index (χ3v) is 7.06. The first-order valence-electron chi connectivity index (χ1n) is 12.9. The highest BCUT2D eigenvalue weighted by Gasteiger charge is 2.28. The van der Waals surface area contributed by atoms with Gasteiger partial charge in [-0.25, -0.2) is 23.9 Å². The van der Waals surface area contributed by atoms with Crippen molar-refractivity contribution in [2.24, 2.45) is 0 Å². The van der Waals surface area contributed by atoms with Gasteiger partial charge >= 0.3 is 0 Å². The van der Waals surface area contributed by atoms with Gasteiger partial charge in [0.15, 0.2) is 11.5 Å². The molecule has 0 saturated carbocycles. The molecule has 0 radical (unpaired) electrons. The predicted octanol–water partition coefficient (Wildman–Crippen LogP) is 4.88. The maximum Gasteiger partial charge on any atom is 0.246 e. The number of aromatic nitrogens is 5. The van der Waals surface area contributed by atoms with Crippen molar-refractivity contribution in [1.29, 1.82) is 0 Å². The molecule has 1 fully saturated rings. The third kappa shape index (κ3) is 4.66. The molecule has 1 unspecified atom stereocenters. The minimum Gasteiger partial charge on any atom is -0.457 e. The number of hydrogen-bond donors (Lipinski definition) is 1. The first-order chi connectivity index (χ1) is 19.4. The Morgan fingerprint density at radius 2 is 2.00 bits per heavy atom. The summed E-state index contributed by atoms with van der Waals surface area (Å²) in [6.45, 7) is 8.96. The lowest BCUT2D eigenvalue weighted by atomic mass is 10.1. The fraction of sp³-hybridized carbons (Fsp3) is 0.207. The minimum atomic E-state index is -0.406. The maximum atomic E-state index is 16.0. The molecule has 1 aliphatic rings. The Morgan fingerprint density at radius 3 is 2.80 bits per heavy atom. The van der Waals surface area contributed by atoms with E-state index in [1.54, 1.807) is 27.7 Å². The molecule has 4 heterocycles. The van der Waals surface area contributed by atoms with Crippen LogP contribution >= 0.6 is 0 Å². The summed E-state index contributed by atoms with van der Waals surface area (Å²) in [6.07, 6.45) is 6.00. The number of hydrogen-bond acceptors (Lipinski definition) is 8. The van der Waals surface area contributed by atoms with E-state index in [9.17, 15) is 4.79 Å². The van der Waals surface area contributed by atoms with E-state index in [0.29, 0.717) is 59.2 Å². The smallest absolute Gasteiger partial charge is 0.246 e. The molecule has 1 atom stereocenters. The largest absolute Gasteiger partial charge is 0.457 e. The third-order valence-electron chi connectivity index (χ3n) is 7.06. The van der Waals surface area contributed by atoms with E-state index in [-0.39, 0.29) is 11.9 Å². The van der Waals surface area contributed by atoms with Crippen molar-refractivity contribution < 1.29 is 13.9 Å². The number of carbonyl (C=O) groups is 1. The van der Waals surface area contributed by atoms with Crippen molar-refractivity contribution in [1.82, 2.24) is 29.5 Å². The zero-order chi connectivity index (χ0) is 27.8. The van der Waals surface area contributed by atoms with Gasteiger partial charge in [-0.1, -0.05) is 6.58 Å². The number of rotatable bonds is 6. The molecule has 6 rings (SSSR count). The van der Waals surface area contributed by atoms with Gasteiger partial charge in [0.1, 0.15) is 30.0 Å². The molecule has 202 valence electrons. The fourth-order valence-electron chi connectivity index (χ4n) is 5.03. The first kappa shape index (κ1) is 25.2. The molecule has 0 aliphatic carbocycles. The van der Waals surface area contributed by atoms with E-state index in [1.807, 2.05) is 49.1 Å². The Bertz CT molecular complexity index is 1750. The maximum absolute atomic E-state index is 16.0. The van der Waals surface area contributed by atoms with E-state index < -0.39 is 5.82 Å². The summed E-state index contributed by atoms with van der Waals surface area (Å²) < 4.78 is 23.8. The molecular weight excluding hydrogens is 511 g/mol. The topological polar surface area (TPSA) is 101 Å². The molecular formula is C29H27FN8O2. The number of aryl methyl sites for hydroxylation is 1. The first-order valence-corrected chi connectivity index (χ1v) is 12.9. The Hall–Kier alpha value is -5.06. The molecule has 0 spiro atoms. The van der Waals surface area contributed by atoms with Gasteiger partial charge in [0.2, 0.25) is 5.91 Å². The Labute approximate surface area is 229 Å². The number of nitrogens with zero attached hydrogens (tertiary/aromatic N) is 7. The summed E-state index contributed by atoms with van der Waals surface area (Å²) in [7, 11) is 0. The number of fused-ring (bicyclic) bond motifs is 2. The van der Waals surface area contributed by atoms with Crippen LogP contribution in [0, 0.1) is 12.7 Å². The number of halogens is 1. The molecule has 40 heavy (non-hydrogen) atoms. The summed E-state index contributed by atoms with van der Waals surface area (Å²) in [5.74, 6) is 1.16. The van der Waals surface area contributed by atoms with Gasteiger partial charge in [-0.3, -0.25) is 4.79 Å². The van der Waals surface area contributed by atoms with Crippen LogP contribution in [0.1, 0.15) is 12.5 Å². The monoisotopic (exact) mass is 538 g/mol. The van der Waals surface area contributed by atoms with Crippen molar-refractivity contribution >= 4 is 39.6 Å². The van der Waals surface area contributed by atoms with E-state index >= 15 is 4.39 Å². The number of anilines is 3. The average Bonchev–Trinajstić information content (AvgIpc) is 3.42. The van der Waals surface area contributed by atoms with Crippen molar-refractivity contribution in [3.05, 3.63) is 85.4 Å².